The van der Waals surface area contributed by atoms with Crippen molar-refractivity contribution in [1.82, 2.24) is 0 Å². The normalized spacial score (nSPS) is 8.00. The van der Waals surface area contributed by atoms with E-state index in [0.29, 0.717) is 0 Å². The predicted molar refractivity (Wildman–Crippen MR) is 23.8 cm³/mol. The smallest absolute Gasteiger partial charge is 0.394 e. The first-order valence-corrected chi connectivity index (χ1v) is 2.35. The molecule has 8 heavy (non-hydrogen) atoms. The molecule has 0 bridgehead atoms. The molecule has 0 aliphatic rings. The van der Waals surface area contributed by atoms with Crippen LogP contribution in [-0.2, 0) is 10.4 Å². The van der Waals surface area contributed by atoms with Gasteiger partial charge >= 0.3 is 10.4 Å². The van der Waals surface area contributed by atoms with Crippen LogP contribution in [-0.4, -0.2) is 28.2 Å². The second-order valence-corrected chi connectivity index (χ2v) is 1.34. The molecule has 0 fully saturated rings. The van der Waals surface area contributed by atoms with E-state index in [1.165, 1.54) is 0 Å². The third kappa shape index (κ3) is 2080. The van der Waals surface area contributed by atoms with Crippen molar-refractivity contribution in [3.05, 3.63) is 0 Å². The third-order valence-electron chi connectivity index (χ3n) is 0. The van der Waals surface area contributed by atoms with Crippen LogP contribution in [0.25, 0.3) is 0 Å². The van der Waals surface area contributed by atoms with Crippen LogP contribution < -0.4 is 5.90 Å². The molecule has 0 radical (unpaired) electrons. The Labute approximate surface area is 45.6 Å². The average Bonchev–Trinajstić information content (AvgIpc) is 1.36. The Bertz CT molecular complexity index is 91.7. The molecule has 0 heterocycles. The van der Waals surface area contributed by atoms with Crippen molar-refractivity contribution in [3.8, 4) is 0 Å². The zero-order valence-electron chi connectivity index (χ0n) is 3.64. The van der Waals surface area contributed by atoms with Crippen LogP contribution in [0.2, 0.25) is 0 Å². The summed E-state index contributed by atoms with van der Waals surface area (Å²) in [6, 6.07) is 0. The summed E-state index contributed by atoms with van der Waals surface area (Å²) in [6.45, 7) is 0. The maximum atomic E-state index is 8.74. The van der Waals surface area contributed by atoms with E-state index in [-0.39, 0.29) is 5.48 Å². The van der Waals surface area contributed by atoms with E-state index in [1.807, 2.05) is 0 Å². The molecule has 0 atom stereocenters. The van der Waals surface area contributed by atoms with Gasteiger partial charge in [-0.1, -0.05) is 0 Å². The Morgan fingerprint density at radius 2 is 1.12 bits per heavy atom. The van der Waals surface area contributed by atoms with Crippen LogP contribution in [0.4, 0.5) is 0 Å². The lowest BCUT2D eigenvalue weighted by molar-refractivity contribution is 0.311. The molecule has 7 N–H and O–H groups in total. The van der Waals surface area contributed by atoms with Gasteiger partial charge in [-0.15, -0.1) is 0 Å². The minimum Gasteiger partial charge on any atom is -0.412 e. The van der Waals surface area contributed by atoms with Gasteiger partial charge in [-0.2, -0.15) is 8.42 Å². The van der Waals surface area contributed by atoms with Crippen molar-refractivity contribution in [2.45, 2.75) is 0 Å². The Morgan fingerprint density at radius 3 is 1.12 bits per heavy atom. The molecule has 0 aromatic heterocycles. The quantitative estimate of drug-likeness (QED) is 0.227. The van der Waals surface area contributed by atoms with E-state index in [2.05, 4.69) is 5.90 Å². The van der Waals surface area contributed by atoms with Crippen LogP contribution in [0.1, 0.15) is 0 Å². The lowest BCUT2D eigenvalue weighted by Gasteiger charge is -1.68. The van der Waals surface area contributed by atoms with Crippen LogP contribution in [0.3, 0.4) is 0 Å². The summed E-state index contributed by atoms with van der Waals surface area (Å²) in [7, 11) is -4.67. The Morgan fingerprint density at radius 1 is 1.12 bits per heavy atom. The van der Waals surface area contributed by atoms with Crippen molar-refractivity contribution < 1.29 is 28.2 Å². The van der Waals surface area contributed by atoms with Crippen molar-refractivity contribution in [2.24, 2.45) is 5.90 Å². The second kappa shape index (κ2) is 6.75. The van der Waals surface area contributed by atoms with Gasteiger partial charge in [0.25, 0.3) is 0 Å². The Hall–Kier alpha value is -0.250. The van der Waals surface area contributed by atoms with Gasteiger partial charge in [0, 0.05) is 0 Å². The molecule has 0 aliphatic heterocycles. The van der Waals surface area contributed by atoms with Crippen LogP contribution in [0.15, 0.2) is 0 Å². The molecule has 0 saturated carbocycles. The molecule has 54 valence electrons. The summed E-state index contributed by atoms with van der Waals surface area (Å²) >= 11 is 0. The van der Waals surface area contributed by atoms with Crippen molar-refractivity contribution in [3.63, 3.8) is 0 Å². The lowest BCUT2D eigenvalue weighted by Crippen LogP contribution is -1.89. The molecule has 0 aliphatic carbocycles. The lowest BCUT2D eigenvalue weighted by atomic mass is 13.6. The van der Waals surface area contributed by atoms with Gasteiger partial charge in [0.2, 0.25) is 0 Å². The maximum absolute atomic E-state index is 8.74. The van der Waals surface area contributed by atoms with Crippen LogP contribution in [0.5, 0.6) is 0 Å². The fourth-order valence-electron chi connectivity index (χ4n) is 0. The Kier molecular flexibility index (Phi) is 13.2. The summed E-state index contributed by atoms with van der Waals surface area (Å²) in [5, 5.41) is 6.50. The topological polar surface area (TPSA) is 152 Å². The molecule has 8 heteroatoms. The number of nitrogens with two attached hydrogens (primary N) is 1. The fraction of sp³-hybridized carbons (Fsp3) is 0. The highest BCUT2D eigenvalue weighted by molar-refractivity contribution is 7.79. The minimum atomic E-state index is -4.67. The zero-order chi connectivity index (χ0) is 6.50. The molecule has 0 saturated heterocycles. The first-order valence-electron chi connectivity index (χ1n) is 0.957. The summed E-state index contributed by atoms with van der Waals surface area (Å²) in [4.78, 5) is 0. The second-order valence-electron chi connectivity index (χ2n) is 0.448. The van der Waals surface area contributed by atoms with Gasteiger partial charge in [-0.3, -0.25) is 9.11 Å². The zero-order valence-corrected chi connectivity index (χ0v) is 4.46. The first kappa shape index (κ1) is 15.7. The number of hydrogen-bond acceptors (Lipinski definition) is 4. The van der Waals surface area contributed by atoms with Gasteiger partial charge in [-0.05, 0) is 0 Å². The summed E-state index contributed by atoms with van der Waals surface area (Å²) in [5.41, 5.74) is 0. The summed E-state index contributed by atoms with van der Waals surface area (Å²) in [6.07, 6.45) is 0. The summed E-state index contributed by atoms with van der Waals surface area (Å²) < 4.78 is 31.6. The van der Waals surface area contributed by atoms with Crippen LogP contribution in [0, 0.1) is 0 Å². The summed E-state index contributed by atoms with van der Waals surface area (Å²) in [5.74, 6) is 3.50. The molecule has 7 nitrogen and oxygen atoms in total. The highest BCUT2D eigenvalue weighted by Gasteiger charge is 1.84. The number of rotatable bonds is 0. The van der Waals surface area contributed by atoms with Crippen molar-refractivity contribution in [2.75, 3.05) is 0 Å². The van der Waals surface area contributed by atoms with Gasteiger partial charge < -0.3 is 10.7 Å². The third-order valence-corrected chi connectivity index (χ3v) is 0. The van der Waals surface area contributed by atoms with E-state index in [0.717, 1.165) is 0 Å². The highest BCUT2D eigenvalue weighted by Crippen LogP contribution is 1.59. The largest absolute Gasteiger partial charge is 0.412 e. The fourth-order valence-corrected chi connectivity index (χ4v) is 0. The first-order chi connectivity index (χ1) is 3.00. The SMILES string of the molecule is NO.O.O=S(=O)(O)O. The monoisotopic (exact) mass is 149 g/mol. The number of hydrogen-bond donors (Lipinski definition) is 4. The molecular weight excluding hydrogens is 142 g/mol. The molecule has 0 aromatic carbocycles. The van der Waals surface area contributed by atoms with E-state index in [4.69, 9.17) is 22.7 Å². The molecule has 0 amide bonds. The van der Waals surface area contributed by atoms with E-state index < -0.39 is 10.4 Å². The predicted octanol–water partition coefficient (Wildman–Crippen LogP) is -2.14. The van der Waals surface area contributed by atoms with Crippen LogP contribution >= 0.6 is 0 Å². The van der Waals surface area contributed by atoms with Crippen molar-refractivity contribution >= 4 is 10.4 Å². The maximum Gasteiger partial charge on any atom is 0.394 e. The minimum absolute atomic E-state index is 0. The molecule has 0 unspecified atom stereocenters. The van der Waals surface area contributed by atoms with Gasteiger partial charge in [0.1, 0.15) is 0 Å². The van der Waals surface area contributed by atoms with Gasteiger partial charge in [0.05, 0.1) is 0 Å². The highest BCUT2D eigenvalue weighted by atomic mass is 32.3. The van der Waals surface area contributed by atoms with E-state index in [9.17, 15) is 0 Å². The molecule has 0 rings (SSSR count). The standard InChI is InChI=1S/H3NO.H2O4S.H2O/c1-2;1-5(2,3)4;/h2H,1H2;(H2,1,2,3,4);1H2. The molecule has 0 spiro atoms. The molecular formula is H7NO6S. The van der Waals surface area contributed by atoms with Gasteiger partial charge in [-0.25, -0.2) is 5.90 Å². The van der Waals surface area contributed by atoms with Crippen molar-refractivity contribution in [1.29, 1.82) is 0 Å². The average molecular weight is 149 g/mol. The van der Waals surface area contributed by atoms with E-state index in [1.54, 1.807) is 0 Å². The van der Waals surface area contributed by atoms with Gasteiger partial charge in [0.15, 0.2) is 0 Å². The van der Waals surface area contributed by atoms with E-state index >= 15 is 0 Å². The Balaban J connectivity index is -0.0000000750. The molecule has 0 aromatic rings.